The van der Waals surface area contributed by atoms with E-state index in [1.165, 1.54) is 0 Å². The van der Waals surface area contributed by atoms with Crippen LogP contribution in [0, 0.1) is 0 Å². The molecule has 19 heavy (non-hydrogen) atoms. The number of amides is 1. The topological polar surface area (TPSA) is 55.1 Å². The van der Waals surface area contributed by atoms with E-state index in [0.717, 1.165) is 34.9 Å². The van der Waals surface area contributed by atoms with Gasteiger partial charge < -0.3 is 11.1 Å². The van der Waals surface area contributed by atoms with Crippen LogP contribution in [0.4, 0.5) is 0 Å². The van der Waals surface area contributed by atoms with Crippen LogP contribution in [0.3, 0.4) is 0 Å². The van der Waals surface area contributed by atoms with E-state index in [1.54, 1.807) is 18.8 Å². The highest BCUT2D eigenvalue weighted by molar-refractivity contribution is 7.99. The number of carbonyl (C=O) groups excluding carboxylic acids is 1. The highest BCUT2D eigenvalue weighted by atomic mass is 35.5. The Morgan fingerprint density at radius 1 is 1.42 bits per heavy atom. The monoisotopic (exact) mass is 300 g/mol. The number of rotatable bonds is 8. The Kier molecular flexibility index (Phi) is 6.69. The second-order valence-electron chi connectivity index (χ2n) is 4.68. The van der Waals surface area contributed by atoms with Crippen molar-refractivity contribution in [2.45, 2.75) is 36.6 Å². The smallest absolute Gasteiger partial charge is 0.237 e. The van der Waals surface area contributed by atoms with Crippen molar-refractivity contribution in [1.82, 2.24) is 5.32 Å². The van der Waals surface area contributed by atoms with Gasteiger partial charge in [-0.15, -0.1) is 11.8 Å². The summed E-state index contributed by atoms with van der Waals surface area (Å²) in [6.07, 6.45) is 2.74. The van der Waals surface area contributed by atoms with Crippen LogP contribution < -0.4 is 11.1 Å². The molecule has 0 fully saturated rings. The molecule has 0 aliphatic rings. The number of hydrogen-bond acceptors (Lipinski definition) is 3. The van der Waals surface area contributed by atoms with Crippen LogP contribution in [-0.4, -0.2) is 24.2 Å². The molecular weight excluding hydrogens is 280 g/mol. The molecule has 106 valence electrons. The summed E-state index contributed by atoms with van der Waals surface area (Å²) in [6, 6.07) is 7.83. The van der Waals surface area contributed by atoms with Crippen molar-refractivity contribution in [1.29, 1.82) is 0 Å². The number of likely N-dealkylation sites (N-methyl/N-ethyl adjacent to an activating group) is 1. The minimum absolute atomic E-state index is 0.297. The highest BCUT2D eigenvalue weighted by Gasteiger charge is 2.27. The van der Waals surface area contributed by atoms with E-state index >= 15 is 0 Å². The van der Waals surface area contributed by atoms with Gasteiger partial charge in [-0.05, 0) is 44.7 Å². The van der Waals surface area contributed by atoms with Gasteiger partial charge in [-0.25, -0.2) is 0 Å². The van der Waals surface area contributed by atoms with Gasteiger partial charge >= 0.3 is 0 Å². The van der Waals surface area contributed by atoms with Gasteiger partial charge in [0.05, 0.1) is 10.6 Å². The maximum atomic E-state index is 11.3. The molecule has 0 saturated heterocycles. The molecule has 1 rings (SSSR count). The molecular formula is C14H21ClN2OS. The van der Waals surface area contributed by atoms with Gasteiger partial charge in [0, 0.05) is 4.90 Å². The number of benzene rings is 1. The van der Waals surface area contributed by atoms with Gasteiger partial charge in [-0.3, -0.25) is 4.79 Å². The van der Waals surface area contributed by atoms with E-state index in [2.05, 4.69) is 5.32 Å². The van der Waals surface area contributed by atoms with Gasteiger partial charge in [-0.1, -0.05) is 30.2 Å². The van der Waals surface area contributed by atoms with Crippen LogP contribution in [0.5, 0.6) is 0 Å². The predicted molar refractivity (Wildman–Crippen MR) is 82.7 cm³/mol. The molecule has 3 N–H and O–H groups in total. The molecule has 3 nitrogen and oxygen atoms in total. The summed E-state index contributed by atoms with van der Waals surface area (Å²) in [4.78, 5) is 12.4. The van der Waals surface area contributed by atoms with Gasteiger partial charge in [0.1, 0.15) is 0 Å². The molecule has 5 heteroatoms. The summed E-state index contributed by atoms with van der Waals surface area (Å²) in [5.41, 5.74) is 4.78. The van der Waals surface area contributed by atoms with E-state index in [4.69, 9.17) is 17.3 Å². The summed E-state index contributed by atoms with van der Waals surface area (Å²) < 4.78 is 0. The number of primary amides is 1. The average Bonchev–Trinajstić information content (AvgIpc) is 2.39. The van der Waals surface area contributed by atoms with E-state index in [9.17, 15) is 4.79 Å². The molecule has 0 bridgehead atoms. The lowest BCUT2D eigenvalue weighted by molar-refractivity contribution is -0.123. The Bertz CT molecular complexity index is 428. The number of unbranched alkanes of at least 4 members (excludes halogenated alkanes) is 1. The van der Waals surface area contributed by atoms with E-state index in [-0.39, 0.29) is 5.91 Å². The highest BCUT2D eigenvalue weighted by Crippen LogP contribution is 2.27. The second kappa shape index (κ2) is 7.78. The molecule has 0 spiro atoms. The largest absolute Gasteiger partial charge is 0.368 e. The fourth-order valence-corrected chi connectivity index (χ4v) is 2.94. The lowest BCUT2D eigenvalue weighted by atomic mass is 9.94. The molecule has 0 aliphatic heterocycles. The zero-order valence-corrected chi connectivity index (χ0v) is 13.0. The molecule has 1 atom stereocenters. The molecule has 1 aromatic carbocycles. The lowest BCUT2D eigenvalue weighted by Gasteiger charge is -2.25. The van der Waals surface area contributed by atoms with Gasteiger partial charge in [0.2, 0.25) is 5.91 Å². The van der Waals surface area contributed by atoms with Gasteiger partial charge in [-0.2, -0.15) is 0 Å². The average molecular weight is 301 g/mol. The molecule has 0 saturated carbocycles. The molecule has 1 aromatic rings. The number of thioether (sulfide) groups is 1. The quantitative estimate of drug-likeness (QED) is 0.573. The van der Waals surface area contributed by atoms with Crippen LogP contribution in [0.2, 0.25) is 5.02 Å². The Hall–Kier alpha value is -0.710. The second-order valence-corrected chi connectivity index (χ2v) is 6.23. The van der Waals surface area contributed by atoms with Crippen molar-refractivity contribution in [2.75, 3.05) is 12.8 Å². The number of halogens is 1. The predicted octanol–water partition coefficient (Wildman–Crippen LogP) is 3.07. The Labute approximate surface area is 124 Å². The Morgan fingerprint density at radius 3 is 2.68 bits per heavy atom. The summed E-state index contributed by atoms with van der Waals surface area (Å²) >= 11 is 7.83. The van der Waals surface area contributed by atoms with Crippen LogP contribution in [-0.2, 0) is 4.79 Å². The first-order valence-electron chi connectivity index (χ1n) is 6.36. The standard InChI is InChI=1S/C14H21ClN2OS/c1-14(17-2,13(16)18)9-5-6-10-19-12-8-4-3-7-11(12)15/h3-4,7-8,17H,5-6,9-10H2,1-2H3,(H2,16,18). The van der Waals surface area contributed by atoms with Crippen molar-refractivity contribution in [3.63, 3.8) is 0 Å². The Morgan fingerprint density at radius 2 is 2.11 bits per heavy atom. The maximum absolute atomic E-state index is 11.3. The number of nitrogens with two attached hydrogens (primary N) is 1. The first-order chi connectivity index (χ1) is 8.99. The Balaban J connectivity index is 2.29. The first-order valence-corrected chi connectivity index (χ1v) is 7.72. The SMILES string of the molecule is CNC(C)(CCCCSc1ccccc1Cl)C(N)=O. The van der Waals surface area contributed by atoms with E-state index in [1.807, 2.05) is 31.2 Å². The summed E-state index contributed by atoms with van der Waals surface area (Å²) in [7, 11) is 1.77. The zero-order valence-electron chi connectivity index (χ0n) is 11.4. The minimum Gasteiger partial charge on any atom is -0.368 e. The third-order valence-electron chi connectivity index (χ3n) is 3.26. The number of carbonyl (C=O) groups is 1. The van der Waals surface area contributed by atoms with Crippen molar-refractivity contribution in [2.24, 2.45) is 5.73 Å². The van der Waals surface area contributed by atoms with Crippen LogP contribution in [0.15, 0.2) is 29.2 Å². The van der Waals surface area contributed by atoms with Crippen LogP contribution in [0.25, 0.3) is 0 Å². The molecule has 1 unspecified atom stereocenters. The van der Waals surface area contributed by atoms with Crippen LogP contribution >= 0.6 is 23.4 Å². The summed E-state index contributed by atoms with van der Waals surface area (Å²) in [5.74, 6) is 0.691. The summed E-state index contributed by atoms with van der Waals surface area (Å²) in [6.45, 7) is 1.84. The minimum atomic E-state index is -0.602. The molecule has 1 amide bonds. The number of nitrogens with one attached hydrogen (secondary N) is 1. The van der Waals surface area contributed by atoms with Gasteiger partial charge in [0.25, 0.3) is 0 Å². The van der Waals surface area contributed by atoms with Crippen molar-refractivity contribution < 1.29 is 4.79 Å². The van der Waals surface area contributed by atoms with Crippen LogP contribution in [0.1, 0.15) is 26.2 Å². The first kappa shape index (κ1) is 16.3. The maximum Gasteiger partial charge on any atom is 0.237 e. The molecule has 0 heterocycles. The molecule has 0 aromatic heterocycles. The lowest BCUT2D eigenvalue weighted by Crippen LogP contribution is -2.51. The third-order valence-corrected chi connectivity index (χ3v) is 4.86. The van der Waals surface area contributed by atoms with Crippen molar-refractivity contribution in [3.8, 4) is 0 Å². The summed E-state index contributed by atoms with van der Waals surface area (Å²) in [5, 5.41) is 3.79. The van der Waals surface area contributed by atoms with Crippen molar-refractivity contribution in [3.05, 3.63) is 29.3 Å². The molecule has 0 aliphatic carbocycles. The van der Waals surface area contributed by atoms with E-state index < -0.39 is 5.54 Å². The fourth-order valence-electron chi connectivity index (χ4n) is 1.70. The van der Waals surface area contributed by atoms with Crippen molar-refractivity contribution >= 4 is 29.3 Å². The molecule has 0 radical (unpaired) electrons. The van der Waals surface area contributed by atoms with E-state index in [0.29, 0.717) is 0 Å². The normalized spacial score (nSPS) is 14.1. The number of hydrogen-bond donors (Lipinski definition) is 2. The van der Waals surface area contributed by atoms with Gasteiger partial charge in [0.15, 0.2) is 0 Å². The zero-order chi connectivity index (χ0) is 14.3. The fraction of sp³-hybridized carbons (Fsp3) is 0.500. The third kappa shape index (κ3) is 5.05.